The normalized spacial score (nSPS) is 16.1. The van der Waals surface area contributed by atoms with Crippen molar-refractivity contribution >= 4 is 17.4 Å². The minimum absolute atomic E-state index is 0.0606. The zero-order chi connectivity index (χ0) is 28.6. The van der Waals surface area contributed by atoms with Crippen molar-refractivity contribution in [3.8, 4) is 11.5 Å². The van der Waals surface area contributed by atoms with Crippen molar-refractivity contribution in [1.82, 2.24) is 4.90 Å². The van der Waals surface area contributed by atoms with Crippen molar-refractivity contribution in [3.05, 3.63) is 137 Å². The van der Waals surface area contributed by atoms with E-state index in [0.29, 0.717) is 48.8 Å². The minimum Gasteiger partial charge on any atom is -0.507 e. The molecule has 6 heteroatoms. The fraction of sp³-hybridized carbons (Fsp3) is 0.200. The number of ketones is 1. The SMILES string of the molecule is CCCOc1ccc(C(O)=C2C(=O)C(=O)N(CCc3ccccc3)C2c2cccc(OCc3ccccc3)c2)cc1. The summed E-state index contributed by atoms with van der Waals surface area (Å²) in [4.78, 5) is 28.4. The number of ether oxygens (including phenoxy) is 2. The van der Waals surface area contributed by atoms with Gasteiger partial charge in [0.2, 0.25) is 0 Å². The zero-order valence-electron chi connectivity index (χ0n) is 23.0. The van der Waals surface area contributed by atoms with Gasteiger partial charge in [0.1, 0.15) is 23.9 Å². The molecule has 1 aliphatic heterocycles. The van der Waals surface area contributed by atoms with E-state index in [-0.39, 0.29) is 11.3 Å². The summed E-state index contributed by atoms with van der Waals surface area (Å²) in [7, 11) is 0. The standard InChI is InChI=1S/C35H33NO5/c1-2-22-40-29-18-16-27(17-19-29)33(37)31-32(36(35(39)34(31)38)21-20-25-10-5-3-6-11-25)28-14-9-15-30(23-28)41-24-26-12-7-4-8-13-26/h3-19,23,32,37H,2,20-22,24H2,1H3. The molecular weight excluding hydrogens is 514 g/mol. The van der Waals surface area contributed by atoms with Gasteiger partial charge in [0.05, 0.1) is 18.2 Å². The summed E-state index contributed by atoms with van der Waals surface area (Å²) in [6.45, 7) is 3.30. The van der Waals surface area contributed by atoms with Gasteiger partial charge in [-0.2, -0.15) is 0 Å². The molecule has 1 atom stereocenters. The monoisotopic (exact) mass is 547 g/mol. The Morgan fingerprint density at radius 3 is 2.15 bits per heavy atom. The molecule has 0 radical (unpaired) electrons. The molecule has 0 spiro atoms. The summed E-state index contributed by atoms with van der Waals surface area (Å²) in [6.07, 6.45) is 1.44. The van der Waals surface area contributed by atoms with Gasteiger partial charge in [-0.15, -0.1) is 0 Å². The van der Waals surface area contributed by atoms with Crippen LogP contribution in [-0.4, -0.2) is 34.8 Å². The van der Waals surface area contributed by atoms with Gasteiger partial charge in [-0.1, -0.05) is 79.7 Å². The van der Waals surface area contributed by atoms with Crippen molar-refractivity contribution < 1.29 is 24.2 Å². The Balaban J connectivity index is 1.50. The van der Waals surface area contributed by atoms with Crippen LogP contribution in [0.3, 0.4) is 0 Å². The molecule has 0 aromatic heterocycles. The second kappa shape index (κ2) is 13.0. The molecule has 1 unspecified atom stereocenters. The van der Waals surface area contributed by atoms with E-state index in [9.17, 15) is 14.7 Å². The lowest BCUT2D eigenvalue weighted by Crippen LogP contribution is -2.31. The summed E-state index contributed by atoms with van der Waals surface area (Å²) in [5, 5.41) is 11.4. The first-order valence-electron chi connectivity index (χ1n) is 13.9. The number of carbonyl (C=O) groups excluding carboxylic acids is 2. The lowest BCUT2D eigenvalue weighted by atomic mass is 9.95. The van der Waals surface area contributed by atoms with Crippen LogP contribution in [0, 0.1) is 0 Å². The van der Waals surface area contributed by atoms with Crippen molar-refractivity contribution in [1.29, 1.82) is 0 Å². The van der Waals surface area contributed by atoms with Gasteiger partial charge in [-0.3, -0.25) is 9.59 Å². The van der Waals surface area contributed by atoms with Crippen LogP contribution in [0.5, 0.6) is 11.5 Å². The van der Waals surface area contributed by atoms with Crippen molar-refractivity contribution in [2.24, 2.45) is 0 Å². The Hall–Kier alpha value is -4.84. The predicted molar refractivity (Wildman–Crippen MR) is 159 cm³/mol. The lowest BCUT2D eigenvalue weighted by molar-refractivity contribution is -0.139. The highest BCUT2D eigenvalue weighted by Crippen LogP contribution is 2.40. The molecule has 1 heterocycles. The van der Waals surface area contributed by atoms with E-state index in [1.807, 2.05) is 91.9 Å². The van der Waals surface area contributed by atoms with Gasteiger partial charge >= 0.3 is 0 Å². The Morgan fingerprint density at radius 2 is 1.46 bits per heavy atom. The van der Waals surface area contributed by atoms with Gasteiger partial charge in [0.25, 0.3) is 11.7 Å². The number of hydrogen-bond acceptors (Lipinski definition) is 5. The summed E-state index contributed by atoms with van der Waals surface area (Å²) in [6, 6.07) is 33.2. The van der Waals surface area contributed by atoms with Crippen molar-refractivity contribution in [3.63, 3.8) is 0 Å². The van der Waals surface area contributed by atoms with E-state index in [0.717, 1.165) is 17.5 Å². The second-order valence-electron chi connectivity index (χ2n) is 9.95. The van der Waals surface area contributed by atoms with Crippen LogP contribution in [-0.2, 0) is 22.6 Å². The van der Waals surface area contributed by atoms with Gasteiger partial charge in [-0.25, -0.2) is 0 Å². The third-order valence-electron chi connectivity index (χ3n) is 7.05. The number of Topliss-reactive ketones (excluding diaryl/α,β-unsaturated/α-hetero) is 1. The molecule has 0 aliphatic carbocycles. The van der Waals surface area contributed by atoms with Crippen molar-refractivity contribution in [2.75, 3.05) is 13.2 Å². The molecule has 208 valence electrons. The van der Waals surface area contributed by atoms with Crippen LogP contribution in [0.15, 0.2) is 115 Å². The molecule has 1 amide bonds. The van der Waals surface area contributed by atoms with E-state index < -0.39 is 17.7 Å². The van der Waals surface area contributed by atoms with Crippen LogP contribution in [0.1, 0.15) is 41.6 Å². The Morgan fingerprint density at radius 1 is 0.780 bits per heavy atom. The van der Waals surface area contributed by atoms with Crippen LogP contribution in [0.2, 0.25) is 0 Å². The highest BCUT2D eigenvalue weighted by atomic mass is 16.5. The Bertz CT molecular complexity index is 1510. The highest BCUT2D eigenvalue weighted by Gasteiger charge is 2.46. The maximum atomic E-state index is 13.5. The molecule has 1 fully saturated rings. The van der Waals surface area contributed by atoms with Crippen LogP contribution < -0.4 is 9.47 Å². The van der Waals surface area contributed by atoms with E-state index >= 15 is 0 Å². The number of benzene rings is 4. The molecule has 1 saturated heterocycles. The Kier molecular flexibility index (Phi) is 8.79. The number of nitrogens with zero attached hydrogens (tertiary/aromatic N) is 1. The quantitative estimate of drug-likeness (QED) is 0.128. The molecular formula is C35H33NO5. The molecule has 4 aromatic carbocycles. The number of rotatable bonds is 11. The molecule has 0 saturated carbocycles. The first-order chi connectivity index (χ1) is 20.0. The smallest absolute Gasteiger partial charge is 0.295 e. The summed E-state index contributed by atoms with van der Waals surface area (Å²) in [5.41, 5.74) is 3.27. The average molecular weight is 548 g/mol. The number of carbonyl (C=O) groups is 2. The van der Waals surface area contributed by atoms with Crippen LogP contribution >= 0.6 is 0 Å². The molecule has 0 bridgehead atoms. The van der Waals surface area contributed by atoms with Gasteiger partial charge in [0.15, 0.2) is 0 Å². The molecule has 6 nitrogen and oxygen atoms in total. The highest BCUT2D eigenvalue weighted by molar-refractivity contribution is 6.46. The van der Waals surface area contributed by atoms with Gasteiger partial charge in [-0.05, 0) is 65.9 Å². The number of aliphatic hydroxyl groups is 1. The topological polar surface area (TPSA) is 76.1 Å². The summed E-state index contributed by atoms with van der Waals surface area (Å²) in [5.74, 6) is -0.273. The summed E-state index contributed by atoms with van der Waals surface area (Å²) >= 11 is 0. The molecule has 1 aliphatic rings. The number of hydrogen-bond donors (Lipinski definition) is 1. The minimum atomic E-state index is -0.769. The van der Waals surface area contributed by atoms with Crippen molar-refractivity contribution in [2.45, 2.75) is 32.4 Å². The van der Waals surface area contributed by atoms with Crippen LogP contribution in [0.4, 0.5) is 0 Å². The largest absolute Gasteiger partial charge is 0.507 e. The first-order valence-corrected chi connectivity index (χ1v) is 13.9. The van der Waals surface area contributed by atoms with E-state index in [1.165, 1.54) is 0 Å². The lowest BCUT2D eigenvalue weighted by Gasteiger charge is -2.26. The van der Waals surface area contributed by atoms with Gasteiger partial charge in [0, 0.05) is 12.1 Å². The molecule has 41 heavy (non-hydrogen) atoms. The average Bonchev–Trinajstić information content (AvgIpc) is 3.28. The predicted octanol–water partition coefficient (Wildman–Crippen LogP) is 6.72. The van der Waals surface area contributed by atoms with E-state index in [4.69, 9.17) is 9.47 Å². The van der Waals surface area contributed by atoms with Gasteiger partial charge < -0.3 is 19.5 Å². The number of likely N-dealkylation sites (tertiary alicyclic amines) is 1. The Labute approximate surface area is 240 Å². The molecule has 5 rings (SSSR count). The first kappa shape index (κ1) is 27.7. The number of aliphatic hydroxyl groups excluding tert-OH is 1. The van der Waals surface area contributed by atoms with E-state index in [1.54, 1.807) is 29.2 Å². The molecule has 4 aromatic rings. The van der Waals surface area contributed by atoms with E-state index in [2.05, 4.69) is 0 Å². The van der Waals surface area contributed by atoms with Crippen LogP contribution in [0.25, 0.3) is 5.76 Å². The second-order valence-corrected chi connectivity index (χ2v) is 9.95. The fourth-order valence-corrected chi connectivity index (χ4v) is 4.95. The third-order valence-corrected chi connectivity index (χ3v) is 7.05. The third kappa shape index (κ3) is 6.49. The fourth-order valence-electron chi connectivity index (χ4n) is 4.95. The maximum absolute atomic E-state index is 13.5. The zero-order valence-corrected chi connectivity index (χ0v) is 23.0. The summed E-state index contributed by atoms with van der Waals surface area (Å²) < 4.78 is 11.7. The molecule has 1 N–H and O–H groups in total. The number of amides is 1. The maximum Gasteiger partial charge on any atom is 0.295 e.